The Kier molecular flexibility index (Phi) is 5.40. The second-order valence-electron chi connectivity index (χ2n) is 8.50. The summed E-state index contributed by atoms with van der Waals surface area (Å²) in [7, 11) is -3.69. The minimum absolute atomic E-state index is 0.364. The number of carbonyl (C=O) groups excluding carboxylic acids is 1. The Bertz CT molecular complexity index is 849. The van der Waals surface area contributed by atoms with E-state index in [1.165, 1.54) is 22.3 Å². The molecule has 2 aliphatic carbocycles. The summed E-state index contributed by atoms with van der Waals surface area (Å²) in [6.45, 7) is 5.48. The van der Waals surface area contributed by atoms with E-state index in [9.17, 15) is 13.2 Å². The molecule has 4 rings (SSSR count). The fraction of sp³-hybridized carbons (Fsp3) is 0.667. The topological polar surface area (TPSA) is 78.5 Å². The smallest absolute Gasteiger partial charge is 0.307 e. The van der Waals surface area contributed by atoms with Gasteiger partial charge < -0.3 is 5.32 Å². The van der Waals surface area contributed by atoms with Crippen LogP contribution in [-0.4, -0.2) is 43.7 Å². The van der Waals surface area contributed by atoms with Crippen LogP contribution in [0.2, 0.25) is 0 Å². The lowest BCUT2D eigenvalue weighted by molar-refractivity contribution is 0.252. The van der Waals surface area contributed by atoms with E-state index in [1.807, 2.05) is 0 Å². The predicted molar refractivity (Wildman–Crippen MR) is 111 cm³/mol. The standard InChI is InChI=1S/C21H31N3O3S/c1-3-14(2)24-11-10-17(13-24)28(26,27)23-21(25)22-20-18-8-4-6-15(18)12-16-7-5-9-19(16)20/h12,14,17H,3-11,13H2,1-2H3,(H2,22,23,25). The van der Waals surface area contributed by atoms with Gasteiger partial charge in [0.05, 0.1) is 5.25 Å². The highest BCUT2D eigenvalue weighted by molar-refractivity contribution is 7.90. The van der Waals surface area contributed by atoms with Crippen molar-refractivity contribution in [1.29, 1.82) is 0 Å². The van der Waals surface area contributed by atoms with Gasteiger partial charge >= 0.3 is 6.03 Å². The van der Waals surface area contributed by atoms with Crippen LogP contribution in [0.3, 0.4) is 0 Å². The van der Waals surface area contributed by atoms with Gasteiger partial charge in [-0.3, -0.25) is 4.90 Å². The molecule has 1 aromatic rings. The highest BCUT2D eigenvalue weighted by Gasteiger charge is 2.36. The normalized spacial score (nSPS) is 22.7. The lowest BCUT2D eigenvalue weighted by Crippen LogP contribution is -2.42. The van der Waals surface area contributed by atoms with Crippen molar-refractivity contribution in [2.75, 3.05) is 18.4 Å². The van der Waals surface area contributed by atoms with Crippen LogP contribution in [0.1, 0.15) is 61.8 Å². The average molecular weight is 406 g/mol. The van der Waals surface area contributed by atoms with E-state index < -0.39 is 21.3 Å². The van der Waals surface area contributed by atoms with Crippen molar-refractivity contribution < 1.29 is 13.2 Å². The Morgan fingerprint density at radius 1 is 1.18 bits per heavy atom. The van der Waals surface area contributed by atoms with Crippen molar-refractivity contribution in [3.8, 4) is 0 Å². The molecule has 0 bridgehead atoms. The molecule has 1 aliphatic heterocycles. The number of hydrogen-bond acceptors (Lipinski definition) is 4. The summed E-state index contributed by atoms with van der Waals surface area (Å²) in [6, 6.07) is 2.05. The Hall–Kier alpha value is -1.60. The van der Waals surface area contributed by atoms with E-state index in [0.29, 0.717) is 19.0 Å². The summed E-state index contributed by atoms with van der Waals surface area (Å²) in [5.74, 6) is 0. The summed E-state index contributed by atoms with van der Waals surface area (Å²) in [6.07, 6.45) is 7.76. The van der Waals surface area contributed by atoms with Gasteiger partial charge in [0.15, 0.2) is 0 Å². The Labute approximate surface area is 168 Å². The van der Waals surface area contributed by atoms with E-state index in [2.05, 4.69) is 34.9 Å². The molecule has 7 heteroatoms. The number of sulfonamides is 1. The zero-order chi connectivity index (χ0) is 19.9. The maximum atomic E-state index is 12.8. The highest BCUT2D eigenvalue weighted by atomic mass is 32.2. The van der Waals surface area contributed by atoms with Crippen molar-refractivity contribution in [2.45, 2.75) is 76.5 Å². The van der Waals surface area contributed by atoms with Crippen molar-refractivity contribution >= 4 is 21.7 Å². The third-order valence-electron chi connectivity index (χ3n) is 6.78. The van der Waals surface area contributed by atoms with E-state index >= 15 is 0 Å². The van der Waals surface area contributed by atoms with Crippen LogP contribution in [0.15, 0.2) is 6.07 Å². The average Bonchev–Trinajstić information content (AvgIpc) is 3.39. The number of carbonyl (C=O) groups is 1. The molecule has 2 N–H and O–H groups in total. The van der Waals surface area contributed by atoms with Crippen molar-refractivity contribution in [2.24, 2.45) is 0 Å². The summed E-state index contributed by atoms with van der Waals surface area (Å²) < 4.78 is 27.8. The molecule has 1 heterocycles. The number of likely N-dealkylation sites (tertiary alicyclic amines) is 1. The first kappa shape index (κ1) is 19.7. The number of nitrogens with zero attached hydrogens (tertiary/aromatic N) is 1. The van der Waals surface area contributed by atoms with Crippen LogP contribution in [-0.2, 0) is 35.7 Å². The van der Waals surface area contributed by atoms with E-state index in [0.717, 1.165) is 57.2 Å². The van der Waals surface area contributed by atoms with Gasteiger partial charge in [-0.05, 0) is 87.1 Å². The first-order valence-corrected chi connectivity index (χ1v) is 12.2. The molecule has 1 saturated heterocycles. The molecule has 2 atom stereocenters. The van der Waals surface area contributed by atoms with E-state index in [4.69, 9.17) is 0 Å². The monoisotopic (exact) mass is 405 g/mol. The largest absolute Gasteiger partial charge is 0.332 e. The van der Waals surface area contributed by atoms with Crippen LogP contribution < -0.4 is 10.0 Å². The van der Waals surface area contributed by atoms with Crippen LogP contribution in [0, 0.1) is 0 Å². The van der Waals surface area contributed by atoms with Gasteiger partial charge in [0.25, 0.3) is 0 Å². The molecule has 2 amide bonds. The SMILES string of the molecule is CCC(C)N1CCC(S(=O)(=O)NC(=O)Nc2c3c(cc4c2CCC4)CCC3)C1. The van der Waals surface area contributed by atoms with Gasteiger partial charge in [-0.1, -0.05) is 13.0 Å². The number of amides is 2. The van der Waals surface area contributed by atoms with Crippen molar-refractivity contribution in [1.82, 2.24) is 9.62 Å². The van der Waals surface area contributed by atoms with Crippen LogP contribution >= 0.6 is 0 Å². The number of hydrogen-bond donors (Lipinski definition) is 2. The van der Waals surface area contributed by atoms with Gasteiger partial charge in [-0.25, -0.2) is 17.9 Å². The quantitative estimate of drug-likeness (QED) is 0.789. The lowest BCUT2D eigenvalue weighted by Gasteiger charge is -2.23. The lowest BCUT2D eigenvalue weighted by atomic mass is 9.99. The van der Waals surface area contributed by atoms with Gasteiger partial charge in [0, 0.05) is 18.3 Å². The molecular formula is C21H31N3O3S. The fourth-order valence-electron chi connectivity index (χ4n) is 4.98. The molecule has 28 heavy (non-hydrogen) atoms. The molecule has 1 aromatic carbocycles. The van der Waals surface area contributed by atoms with Crippen LogP contribution in [0.25, 0.3) is 0 Å². The van der Waals surface area contributed by atoms with Crippen molar-refractivity contribution in [3.05, 3.63) is 28.3 Å². The third kappa shape index (κ3) is 3.66. The summed E-state index contributed by atoms with van der Waals surface area (Å²) in [5, 5.41) is 2.40. The van der Waals surface area contributed by atoms with Gasteiger partial charge in [0.2, 0.25) is 10.0 Å². The zero-order valence-electron chi connectivity index (χ0n) is 16.9. The van der Waals surface area contributed by atoms with Gasteiger partial charge in [-0.15, -0.1) is 0 Å². The number of urea groups is 1. The molecule has 2 unspecified atom stereocenters. The zero-order valence-corrected chi connectivity index (χ0v) is 17.7. The van der Waals surface area contributed by atoms with E-state index in [-0.39, 0.29) is 0 Å². The van der Waals surface area contributed by atoms with Crippen LogP contribution in [0.4, 0.5) is 10.5 Å². The molecule has 0 spiro atoms. The number of fused-ring (bicyclic) bond motifs is 2. The summed E-state index contributed by atoms with van der Waals surface area (Å²) >= 11 is 0. The van der Waals surface area contributed by atoms with E-state index in [1.54, 1.807) is 0 Å². The highest BCUT2D eigenvalue weighted by Crippen LogP contribution is 2.38. The number of nitrogens with one attached hydrogen (secondary N) is 2. The maximum absolute atomic E-state index is 12.8. The molecule has 154 valence electrons. The molecular weight excluding hydrogens is 374 g/mol. The number of aryl methyl sites for hydroxylation is 2. The molecule has 6 nitrogen and oxygen atoms in total. The second-order valence-corrected chi connectivity index (χ2v) is 10.5. The Morgan fingerprint density at radius 2 is 1.82 bits per heavy atom. The predicted octanol–water partition coefficient (Wildman–Crippen LogP) is 2.99. The molecule has 3 aliphatic rings. The summed E-state index contributed by atoms with van der Waals surface area (Å²) in [5.41, 5.74) is 5.93. The number of anilines is 1. The van der Waals surface area contributed by atoms with Crippen molar-refractivity contribution in [3.63, 3.8) is 0 Å². The fourth-order valence-corrected chi connectivity index (χ4v) is 6.26. The number of benzene rings is 1. The minimum Gasteiger partial charge on any atom is -0.307 e. The number of rotatable bonds is 5. The molecule has 0 saturated carbocycles. The summed E-state index contributed by atoms with van der Waals surface area (Å²) in [4.78, 5) is 14.8. The van der Waals surface area contributed by atoms with Gasteiger partial charge in [0.1, 0.15) is 0 Å². The first-order chi connectivity index (χ1) is 13.4. The first-order valence-electron chi connectivity index (χ1n) is 10.6. The molecule has 0 aromatic heterocycles. The van der Waals surface area contributed by atoms with Gasteiger partial charge in [-0.2, -0.15) is 0 Å². The minimum atomic E-state index is -3.69. The Balaban J connectivity index is 1.47. The second kappa shape index (κ2) is 7.67. The molecule has 1 fully saturated rings. The molecule has 0 radical (unpaired) electrons. The Morgan fingerprint density at radius 3 is 2.43 bits per heavy atom. The van der Waals surface area contributed by atoms with Crippen LogP contribution in [0.5, 0.6) is 0 Å². The third-order valence-corrected chi connectivity index (χ3v) is 8.51. The maximum Gasteiger partial charge on any atom is 0.332 e.